The molecule has 0 aliphatic heterocycles. The monoisotopic (exact) mass is 772 g/mol. The standard InChI is InChI=1S/C53H44N2O4/c1-56-43-27-31-49(51(35-43)58-3)54(39-21-13-7-14-22-39)41-25-29-45-46-30-26-42(55(40-23-15-8-16-24-40)50-32-28-44(57-2)36-52(50)59-4)34-48(46)53(47(45)33-41,37-17-9-5-10-18-37)38-19-11-6-12-20-38/h5-36H,1-4H3. The SMILES string of the molecule is COc1ccc(N(c2ccccc2)c2ccc3c(c2)C(c2ccccc2)(c2ccccc2)c2cc(N(c4ccccc4)c4ccc(OC)cc4OC)ccc2-3)c(OC)c1. The number of hydrogen-bond acceptors (Lipinski definition) is 6. The Hall–Kier alpha value is -7.44. The summed E-state index contributed by atoms with van der Waals surface area (Å²) >= 11 is 0. The quantitative estimate of drug-likeness (QED) is 0.123. The lowest BCUT2D eigenvalue weighted by Crippen LogP contribution is -2.29. The summed E-state index contributed by atoms with van der Waals surface area (Å²) < 4.78 is 23.3. The van der Waals surface area contributed by atoms with Crippen LogP contribution in [0.15, 0.2) is 194 Å². The molecule has 0 atom stereocenters. The molecule has 9 rings (SSSR count). The van der Waals surface area contributed by atoms with E-state index in [4.69, 9.17) is 18.9 Å². The molecule has 0 aromatic heterocycles. The second-order valence-corrected chi connectivity index (χ2v) is 14.4. The first-order chi connectivity index (χ1) is 29.1. The fourth-order valence-electron chi connectivity index (χ4n) is 8.69. The number of fused-ring (bicyclic) bond motifs is 3. The van der Waals surface area contributed by atoms with Crippen molar-refractivity contribution in [1.29, 1.82) is 0 Å². The van der Waals surface area contributed by atoms with Crippen molar-refractivity contribution in [3.8, 4) is 34.1 Å². The Bertz CT molecular complexity index is 2530. The summed E-state index contributed by atoms with van der Waals surface area (Å²) in [5, 5.41) is 0. The van der Waals surface area contributed by atoms with Crippen LogP contribution in [0.25, 0.3) is 11.1 Å². The normalized spacial score (nSPS) is 12.2. The van der Waals surface area contributed by atoms with Gasteiger partial charge in [0.1, 0.15) is 23.0 Å². The van der Waals surface area contributed by atoms with E-state index in [0.717, 1.165) is 45.6 Å². The molecule has 6 heteroatoms. The van der Waals surface area contributed by atoms with Crippen LogP contribution in [0.5, 0.6) is 23.0 Å². The molecule has 59 heavy (non-hydrogen) atoms. The molecule has 0 fully saturated rings. The van der Waals surface area contributed by atoms with Gasteiger partial charge < -0.3 is 28.7 Å². The smallest absolute Gasteiger partial charge is 0.146 e. The van der Waals surface area contributed by atoms with Crippen LogP contribution in [0, 0.1) is 0 Å². The van der Waals surface area contributed by atoms with Gasteiger partial charge in [-0.25, -0.2) is 0 Å². The molecule has 1 aliphatic rings. The van der Waals surface area contributed by atoms with Gasteiger partial charge in [0.25, 0.3) is 0 Å². The second-order valence-electron chi connectivity index (χ2n) is 14.4. The van der Waals surface area contributed by atoms with Crippen LogP contribution in [-0.2, 0) is 5.41 Å². The Kier molecular flexibility index (Phi) is 9.97. The number of ether oxygens (including phenoxy) is 4. The van der Waals surface area contributed by atoms with Gasteiger partial charge in [0.05, 0.1) is 45.2 Å². The van der Waals surface area contributed by atoms with Gasteiger partial charge in [-0.1, -0.05) is 109 Å². The predicted molar refractivity (Wildman–Crippen MR) is 239 cm³/mol. The van der Waals surface area contributed by atoms with E-state index in [9.17, 15) is 0 Å². The zero-order valence-electron chi connectivity index (χ0n) is 33.5. The van der Waals surface area contributed by atoms with Gasteiger partial charge >= 0.3 is 0 Å². The van der Waals surface area contributed by atoms with E-state index in [2.05, 4.69) is 168 Å². The maximum atomic E-state index is 6.03. The van der Waals surface area contributed by atoms with E-state index in [0.29, 0.717) is 11.5 Å². The molecule has 0 heterocycles. The number of methoxy groups -OCH3 is 4. The van der Waals surface area contributed by atoms with E-state index in [1.165, 1.54) is 33.4 Å². The third-order valence-corrected chi connectivity index (χ3v) is 11.3. The van der Waals surface area contributed by atoms with Crippen molar-refractivity contribution in [3.05, 3.63) is 216 Å². The van der Waals surface area contributed by atoms with Crippen LogP contribution in [0.4, 0.5) is 34.1 Å². The fraction of sp³-hybridized carbons (Fsp3) is 0.0943. The first-order valence-corrected chi connectivity index (χ1v) is 19.6. The maximum absolute atomic E-state index is 6.03. The molecule has 8 aromatic rings. The van der Waals surface area contributed by atoms with Crippen LogP contribution in [0.2, 0.25) is 0 Å². The topological polar surface area (TPSA) is 43.4 Å². The van der Waals surface area contributed by atoms with Gasteiger partial charge in [-0.15, -0.1) is 0 Å². The van der Waals surface area contributed by atoms with Crippen LogP contribution in [0.1, 0.15) is 22.3 Å². The third kappa shape index (κ3) is 6.39. The van der Waals surface area contributed by atoms with Gasteiger partial charge in [0, 0.05) is 34.9 Å². The Morgan fingerprint density at radius 2 is 0.712 bits per heavy atom. The van der Waals surface area contributed by atoms with Crippen molar-refractivity contribution < 1.29 is 18.9 Å². The molecule has 6 nitrogen and oxygen atoms in total. The Morgan fingerprint density at radius 3 is 1.07 bits per heavy atom. The van der Waals surface area contributed by atoms with Crippen LogP contribution in [0.3, 0.4) is 0 Å². The molecule has 0 unspecified atom stereocenters. The van der Waals surface area contributed by atoms with Crippen molar-refractivity contribution in [1.82, 2.24) is 0 Å². The Balaban J connectivity index is 1.33. The zero-order valence-corrected chi connectivity index (χ0v) is 33.5. The minimum absolute atomic E-state index is 0.697. The molecule has 0 saturated heterocycles. The molecule has 0 spiro atoms. The van der Waals surface area contributed by atoms with Crippen molar-refractivity contribution in [2.45, 2.75) is 5.41 Å². The van der Waals surface area contributed by atoms with Crippen LogP contribution >= 0.6 is 0 Å². The van der Waals surface area contributed by atoms with Crippen molar-refractivity contribution in [2.24, 2.45) is 0 Å². The summed E-state index contributed by atoms with van der Waals surface area (Å²) in [6.45, 7) is 0. The lowest BCUT2D eigenvalue weighted by atomic mass is 9.67. The van der Waals surface area contributed by atoms with Gasteiger partial charge in [0.2, 0.25) is 0 Å². The first kappa shape index (κ1) is 37.2. The predicted octanol–water partition coefficient (Wildman–Crippen LogP) is 13.0. The number of rotatable bonds is 12. The van der Waals surface area contributed by atoms with Gasteiger partial charge in [-0.3, -0.25) is 0 Å². The van der Waals surface area contributed by atoms with E-state index >= 15 is 0 Å². The summed E-state index contributed by atoms with van der Waals surface area (Å²) in [6, 6.07) is 68.3. The highest BCUT2D eigenvalue weighted by Gasteiger charge is 2.47. The highest BCUT2D eigenvalue weighted by molar-refractivity contribution is 5.92. The largest absolute Gasteiger partial charge is 0.497 e. The lowest BCUT2D eigenvalue weighted by Gasteiger charge is -2.36. The molecule has 8 aromatic carbocycles. The molecule has 290 valence electrons. The van der Waals surface area contributed by atoms with E-state index in [1.54, 1.807) is 28.4 Å². The second kappa shape index (κ2) is 15.8. The van der Waals surface area contributed by atoms with E-state index in [1.807, 2.05) is 36.4 Å². The number of anilines is 6. The molecule has 0 radical (unpaired) electrons. The molecular weight excluding hydrogens is 729 g/mol. The molecule has 0 bridgehead atoms. The third-order valence-electron chi connectivity index (χ3n) is 11.3. The number of para-hydroxylation sites is 2. The minimum Gasteiger partial charge on any atom is -0.497 e. The first-order valence-electron chi connectivity index (χ1n) is 19.6. The Morgan fingerprint density at radius 1 is 0.339 bits per heavy atom. The highest BCUT2D eigenvalue weighted by atomic mass is 16.5. The lowest BCUT2D eigenvalue weighted by molar-refractivity contribution is 0.395. The average Bonchev–Trinajstić information content (AvgIpc) is 3.60. The number of nitrogens with zero attached hydrogens (tertiary/aromatic N) is 2. The van der Waals surface area contributed by atoms with Crippen LogP contribution < -0.4 is 28.7 Å². The van der Waals surface area contributed by atoms with Gasteiger partial charge in [-0.2, -0.15) is 0 Å². The van der Waals surface area contributed by atoms with Crippen molar-refractivity contribution in [3.63, 3.8) is 0 Å². The summed E-state index contributed by atoms with van der Waals surface area (Å²) in [5.41, 5.74) is 12.1. The molecule has 0 amide bonds. The number of hydrogen-bond donors (Lipinski definition) is 0. The average molecular weight is 773 g/mol. The summed E-state index contributed by atoms with van der Waals surface area (Å²) in [5.74, 6) is 2.86. The van der Waals surface area contributed by atoms with Crippen LogP contribution in [-0.4, -0.2) is 28.4 Å². The highest BCUT2D eigenvalue weighted by Crippen LogP contribution is 2.59. The van der Waals surface area contributed by atoms with E-state index in [-0.39, 0.29) is 0 Å². The number of benzene rings is 8. The summed E-state index contributed by atoms with van der Waals surface area (Å²) in [6.07, 6.45) is 0. The molecular formula is C53H44N2O4. The van der Waals surface area contributed by atoms with Crippen molar-refractivity contribution >= 4 is 34.1 Å². The molecule has 0 saturated carbocycles. The van der Waals surface area contributed by atoms with Gasteiger partial charge in [0.15, 0.2) is 0 Å². The van der Waals surface area contributed by atoms with Gasteiger partial charge in [-0.05, 0) is 106 Å². The Labute approximate surface area is 346 Å². The molecule has 0 N–H and O–H groups in total. The summed E-state index contributed by atoms with van der Waals surface area (Å²) in [4.78, 5) is 4.53. The molecule has 1 aliphatic carbocycles. The maximum Gasteiger partial charge on any atom is 0.146 e. The van der Waals surface area contributed by atoms with Crippen molar-refractivity contribution in [2.75, 3.05) is 38.2 Å². The summed E-state index contributed by atoms with van der Waals surface area (Å²) in [7, 11) is 6.75. The zero-order chi connectivity index (χ0) is 40.3. The minimum atomic E-state index is -0.697. The van der Waals surface area contributed by atoms with E-state index < -0.39 is 5.41 Å². The fourth-order valence-corrected chi connectivity index (χ4v) is 8.69.